The van der Waals surface area contributed by atoms with Crippen LogP contribution in [0.5, 0.6) is 0 Å². The van der Waals surface area contributed by atoms with Crippen LogP contribution in [0, 0.1) is 0 Å². The van der Waals surface area contributed by atoms with Crippen molar-refractivity contribution in [2.24, 2.45) is 5.73 Å². The number of rotatable bonds is 6. The minimum Gasteiger partial charge on any atom is -0.462 e. The fraction of sp³-hybridized carbons (Fsp3) is 0.455. The number of thiophene rings is 1. The average Bonchev–Trinajstić information content (AvgIpc) is 2.77. The monoisotopic (exact) mass is 272 g/mol. The number of carbonyl (C=O) groups is 2. The van der Waals surface area contributed by atoms with E-state index < -0.39 is 17.9 Å². The lowest BCUT2D eigenvalue weighted by Crippen LogP contribution is -2.39. The maximum atomic E-state index is 11.7. The molecule has 0 aliphatic carbocycles. The van der Waals surface area contributed by atoms with Crippen LogP contribution >= 0.6 is 11.3 Å². The summed E-state index contributed by atoms with van der Waals surface area (Å²) in [4.78, 5) is 23.3. The van der Waals surface area contributed by atoms with Crippen LogP contribution in [-0.4, -0.2) is 38.2 Å². The summed E-state index contributed by atoms with van der Waals surface area (Å²) in [5.41, 5.74) is 5.91. The maximum absolute atomic E-state index is 11.7. The Labute approximate surface area is 109 Å². The van der Waals surface area contributed by atoms with Gasteiger partial charge in [0.05, 0.1) is 18.8 Å². The topological polar surface area (TPSA) is 90.7 Å². The molecule has 1 rings (SSSR count). The second-order valence-electron chi connectivity index (χ2n) is 3.43. The number of amides is 1. The van der Waals surface area contributed by atoms with Crippen LogP contribution in [0.2, 0.25) is 0 Å². The Kier molecular flexibility index (Phi) is 5.76. The van der Waals surface area contributed by atoms with E-state index >= 15 is 0 Å². The van der Waals surface area contributed by atoms with Gasteiger partial charge in [-0.1, -0.05) is 0 Å². The van der Waals surface area contributed by atoms with Gasteiger partial charge in [0, 0.05) is 7.11 Å². The summed E-state index contributed by atoms with van der Waals surface area (Å²) in [6.45, 7) is 2.12. The molecule has 100 valence electrons. The molecular weight excluding hydrogens is 256 g/mol. The van der Waals surface area contributed by atoms with Crippen LogP contribution in [0.3, 0.4) is 0 Å². The molecule has 0 aromatic carbocycles. The average molecular weight is 272 g/mol. The number of hydrogen-bond acceptors (Lipinski definition) is 6. The van der Waals surface area contributed by atoms with E-state index in [-0.39, 0.29) is 13.2 Å². The van der Waals surface area contributed by atoms with E-state index in [9.17, 15) is 9.59 Å². The molecule has 0 bridgehead atoms. The van der Waals surface area contributed by atoms with Gasteiger partial charge >= 0.3 is 5.97 Å². The van der Waals surface area contributed by atoms with Gasteiger partial charge in [0.1, 0.15) is 11.0 Å². The van der Waals surface area contributed by atoms with Crippen LogP contribution in [0.25, 0.3) is 0 Å². The number of nitrogens with one attached hydrogen (secondary N) is 1. The summed E-state index contributed by atoms with van der Waals surface area (Å²) in [7, 11) is 1.46. The van der Waals surface area contributed by atoms with Gasteiger partial charge in [-0.3, -0.25) is 4.79 Å². The van der Waals surface area contributed by atoms with Crippen molar-refractivity contribution in [3.8, 4) is 0 Å². The Hall–Kier alpha value is -1.44. The standard InChI is InChI=1S/C11H16N2O4S/c1-3-17-11(15)7-4-5-18-10(7)13-9(14)8(12)6-16-2/h4-5,8H,3,6,12H2,1-2H3,(H,13,14). The highest BCUT2D eigenvalue weighted by atomic mass is 32.1. The second-order valence-corrected chi connectivity index (χ2v) is 4.35. The van der Waals surface area contributed by atoms with Gasteiger partial charge in [-0.2, -0.15) is 0 Å². The molecule has 0 aliphatic rings. The van der Waals surface area contributed by atoms with Crippen LogP contribution < -0.4 is 11.1 Å². The van der Waals surface area contributed by atoms with Crippen LogP contribution in [0.1, 0.15) is 17.3 Å². The molecule has 0 fully saturated rings. The molecule has 6 nitrogen and oxygen atoms in total. The number of ether oxygens (including phenoxy) is 2. The first-order valence-corrected chi connectivity index (χ1v) is 6.28. The number of nitrogens with two attached hydrogens (primary N) is 1. The number of methoxy groups -OCH3 is 1. The van der Waals surface area contributed by atoms with Crippen molar-refractivity contribution in [3.63, 3.8) is 0 Å². The fourth-order valence-corrected chi connectivity index (χ4v) is 2.01. The van der Waals surface area contributed by atoms with E-state index in [1.54, 1.807) is 18.4 Å². The molecule has 1 amide bonds. The number of anilines is 1. The Morgan fingerprint density at radius 1 is 1.56 bits per heavy atom. The highest BCUT2D eigenvalue weighted by molar-refractivity contribution is 7.14. The van der Waals surface area contributed by atoms with Crippen molar-refractivity contribution < 1.29 is 19.1 Å². The predicted molar refractivity (Wildman–Crippen MR) is 68.8 cm³/mol. The molecule has 7 heteroatoms. The third-order valence-corrected chi connectivity index (χ3v) is 2.91. The summed E-state index contributed by atoms with van der Waals surface area (Å²) >= 11 is 1.24. The summed E-state index contributed by atoms with van der Waals surface area (Å²) in [5.74, 6) is -0.862. The zero-order chi connectivity index (χ0) is 13.5. The van der Waals surface area contributed by atoms with Crippen molar-refractivity contribution in [2.45, 2.75) is 13.0 Å². The Bertz CT molecular complexity index is 419. The van der Waals surface area contributed by atoms with Gasteiger partial charge in [0.25, 0.3) is 0 Å². The lowest BCUT2D eigenvalue weighted by atomic mass is 10.3. The Morgan fingerprint density at radius 2 is 2.28 bits per heavy atom. The smallest absolute Gasteiger partial charge is 0.341 e. The maximum Gasteiger partial charge on any atom is 0.341 e. The minimum atomic E-state index is -0.771. The number of carbonyl (C=O) groups excluding carboxylic acids is 2. The van der Waals surface area contributed by atoms with E-state index in [4.69, 9.17) is 15.2 Å². The molecule has 18 heavy (non-hydrogen) atoms. The SMILES string of the molecule is CCOC(=O)c1ccsc1NC(=O)C(N)COC. The summed E-state index contributed by atoms with van der Waals surface area (Å²) in [6.07, 6.45) is 0. The number of esters is 1. The van der Waals surface area contributed by atoms with Gasteiger partial charge in [-0.25, -0.2) is 4.79 Å². The van der Waals surface area contributed by atoms with E-state index in [1.165, 1.54) is 18.4 Å². The summed E-state index contributed by atoms with van der Waals surface area (Å²) in [5, 5.41) is 4.72. The molecule has 0 saturated heterocycles. The van der Waals surface area contributed by atoms with Crippen molar-refractivity contribution in [1.82, 2.24) is 0 Å². The summed E-state index contributed by atoms with van der Waals surface area (Å²) < 4.78 is 9.66. The van der Waals surface area contributed by atoms with Crippen LogP contribution in [-0.2, 0) is 14.3 Å². The Balaban J connectivity index is 2.70. The zero-order valence-electron chi connectivity index (χ0n) is 10.3. The summed E-state index contributed by atoms with van der Waals surface area (Å²) in [6, 6.07) is 0.826. The third kappa shape index (κ3) is 3.80. The quantitative estimate of drug-likeness (QED) is 0.749. The molecule has 1 heterocycles. The van der Waals surface area contributed by atoms with Crippen LogP contribution in [0.4, 0.5) is 5.00 Å². The van der Waals surface area contributed by atoms with Gasteiger partial charge in [-0.05, 0) is 18.4 Å². The normalized spacial score (nSPS) is 11.9. The Morgan fingerprint density at radius 3 is 2.89 bits per heavy atom. The predicted octanol–water partition coefficient (Wildman–Crippen LogP) is 0.837. The molecule has 0 saturated carbocycles. The fourth-order valence-electron chi connectivity index (χ4n) is 1.24. The molecule has 1 atom stereocenters. The van der Waals surface area contributed by atoms with Crippen molar-refractivity contribution in [2.75, 3.05) is 25.6 Å². The molecular formula is C11H16N2O4S. The molecule has 3 N–H and O–H groups in total. The highest BCUT2D eigenvalue weighted by Gasteiger charge is 2.19. The van der Waals surface area contributed by atoms with Gasteiger partial charge in [0.15, 0.2) is 0 Å². The van der Waals surface area contributed by atoms with E-state index in [0.29, 0.717) is 10.6 Å². The van der Waals surface area contributed by atoms with Gasteiger partial charge < -0.3 is 20.5 Å². The lowest BCUT2D eigenvalue weighted by Gasteiger charge is -2.11. The third-order valence-electron chi connectivity index (χ3n) is 2.08. The van der Waals surface area contributed by atoms with E-state index in [0.717, 1.165) is 0 Å². The number of hydrogen-bond donors (Lipinski definition) is 2. The molecule has 1 unspecified atom stereocenters. The first kappa shape index (κ1) is 14.6. The molecule has 0 spiro atoms. The second kappa shape index (κ2) is 7.10. The molecule has 1 aromatic rings. The van der Waals surface area contributed by atoms with Crippen LogP contribution in [0.15, 0.2) is 11.4 Å². The largest absolute Gasteiger partial charge is 0.462 e. The first-order chi connectivity index (χ1) is 8.60. The van der Waals surface area contributed by atoms with E-state index in [2.05, 4.69) is 5.32 Å². The van der Waals surface area contributed by atoms with Crippen molar-refractivity contribution >= 4 is 28.2 Å². The van der Waals surface area contributed by atoms with Crippen molar-refractivity contribution in [3.05, 3.63) is 17.0 Å². The van der Waals surface area contributed by atoms with Gasteiger partial charge in [0.2, 0.25) is 5.91 Å². The lowest BCUT2D eigenvalue weighted by molar-refractivity contribution is -0.118. The minimum absolute atomic E-state index is 0.117. The molecule has 0 aliphatic heterocycles. The molecule has 0 radical (unpaired) electrons. The van der Waals surface area contributed by atoms with Crippen molar-refractivity contribution in [1.29, 1.82) is 0 Å². The van der Waals surface area contributed by atoms with E-state index in [1.807, 2.05) is 0 Å². The first-order valence-electron chi connectivity index (χ1n) is 5.40. The zero-order valence-corrected chi connectivity index (χ0v) is 11.1. The highest BCUT2D eigenvalue weighted by Crippen LogP contribution is 2.24. The molecule has 1 aromatic heterocycles. The van der Waals surface area contributed by atoms with Gasteiger partial charge in [-0.15, -0.1) is 11.3 Å².